The van der Waals surface area contributed by atoms with Gasteiger partial charge < -0.3 is 10.6 Å². The SMILES string of the molecule is CC(=O)N1C(C(N)=O)C[C@@H]2CCCC[C@@H]21. The molecule has 3 atom stereocenters. The van der Waals surface area contributed by atoms with E-state index in [2.05, 4.69) is 0 Å². The van der Waals surface area contributed by atoms with Gasteiger partial charge in [-0.3, -0.25) is 9.59 Å². The molecule has 4 nitrogen and oxygen atoms in total. The molecular formula is C11H18N2O2. The van der Waals surface area contributed by atoms with Crippen LogP contribution in [-0.4, -0.2) is 28.8 Å². The summed E-state index contributed by atoms with van der Waals surface area (Å²) in [4.78, 5) is 24.6. The Morgan fingerprint density at radius 3 is 2.53 bits per heavy atom. The van der Waals surface area contributed by atoms with Gasteiger partial charge in [-0.1, -0.05) is 12.8 Å². The Hall–Kier alpha value is -1.06. The van der Waals surface area contributed by atoms with Gasteiger partial charge in [-0.05, 0) is 25.2 Å². The van der Waals surface area contributed by atoms with Gasteiger partial charge in [0.05, 0.1) is 0 Å². The summed E-state index contributed by atoms with van der Waals surface area (Å²) in [6.07, 6.45) is 5.33. The van der Waals surface area contributed by atoms with Crippen molar-refractivity contribution in [3.05, 3.63) is 0 Å². The van der Waals surface area contributed by atoms with Crippen molar-refractivity contribution < 1.29 is 9.59 Å². The van der Waals surface area contributed by atoms with Crippen molar-refractivity contribution in [3.8, 4) is 0 Å². The first kappa shape index (κ1) is 10.5. The predicted molar refractivity (Wildman–Crippen MR) is 55.9 cm³/mol. The molecule has 2 N–H and O–H groups in total. The molecule has 0 aromatic carbocycles. The number of carbonyl (C=O) groups excluding carboxylic acids is 2. The van der Waals surface area contributed by atoms with Crippen molar-refractivity contribution >= 4 is 11.8 Å². The summed E-state index contributed by atoms with van der Waals surface area (Å²) < 4.78 is 0. The fourth-order valence-corrected chi connectivity index (χ4v) is 3.17. The van der Waals surface area contributed by atoms with E-state index in [-0.39, 0.29) is 23.9 Å². The molecule has 0 aromatic heterocycles. The number of primary amides is 1. The van der Waals surface area contributed by atoms with Gasteiger partial charge in [0.2, 0.25) is 11.8 Å². The Labute approximate surface area is 89.8 Å². The molecule has 2 amide bonds. The van der Waals surface area contributed by atoms with Crippen LogP contribution in [0.3, 0.4) is 0 Å². The number of hydrogen-bond donors (Lipinski definition) is 1. The van der Waals surface area contributed by atoms with E-state index in [4.69, 9.17) is 5.73 Å². The molecule has 4 heteroatoms. The Kier molecular flexibility index (Phi) is 2.67. The molecule has 84 valence electrons. The minimum Gasteiger partial charge on any atom is -0.368 e. The Balaban J connectivity index is 2.21. The number of amides is 2. The van der Waals surface area contributed by atoms with Crippen LogP contribution in [0.25, 0.3) is 0 Å². The molecule has 0 bridgehead atoms. The van der Waals surface area contributed by atoms with E-state index in [0.29, 0.717) is 5.92 Å². The van der Waals surface area contributed by atoms with E-state index in [1.54, 1.807) is 4.90 Å². The molecule has 0 radical (unpaired) electrons. The molecule has 15 heavy (non-hydrogen) atoms. The predicted octanol–water partition coefficient (Wildman–Crippen LogP) is 0.651. The second-order valence-corrected chi connectivity index (χ2v) is 4.69. The van der Waals surface area contributed by atoms with Crippen molar-refractivity contribution in [1.82, 2.24) is 4.90 Å². The highest BCUT2D eigenvalue weighted by Gasteiger charge is 2.45. The summed E-state index contributed by atoms with van der Waals surface area (Å²) in [5.41, 5.74) is 5.35. The number of hydrogen-bond acceptors (Lipinski definition) is 2. The number of nitrogens with zero attached hydrogens (tertiary/aromatic N) is 1. The van der Waals surface area contributed by atoms with Gasteiger partial charge >= 0.3 is 0 Å². The van der Waals surface area contributed by atoms with Gasteiger partial charge in [-0.25, -0.2) is 0 Å². The average molecular weight is 210 g/mol. The normalized spacial score (nSPS) is 35.0. The lowest BCUT2D eigenvalue weighted by atomic mass is 9.85. The quantitative estimate of drug-likeness (QED) is 0.690. The molecule has 2 aliphatic rings. The average Bonchev–Trinajstić information content (AvgIpc) is 2.56. The Morgan fingerprint density at radius 2 is 1.93 bits per heavy atom. The molecular weight excluding hydrogens is 192 g/mol. The van der Waals surface area contributed by atoms with Crippen LogP contribution in [0.1, 0.15) is 39.0 Å². The first-order valence-electron chi connectivity index (χ1n) is 5.69. The highest BCUT2D eigenvalue weighted by Crippen LogP contribution is 2.39. The maximum absolute atomic E-state index is 11.5. The van der Waals surface area contributed by atoms with Crippen molar-refractivity contribution in [2.24, 2.45) is 11.7 Å². The van der Waals surface area contributed by atoms with Crippen LogP contribution in [0.15, 0.2) is 0 Å². The molecule has 1 saturated heterocycles. The van der Waals surface area contributed by atoms with E-state index in [1.165, 1.54) is 13.3 Å². The zero-order valence-corrected chi connectivity index (χ0v) is 9.11. The lowest BCUT2D eigenvalue weighted by molar-refractivity contribution is -0.138. The van der Waals surface area contributed by atoms with Crippen molar-refractivity contribution in [3.63, 3.8) is 0 Å². The molecule has 1 aliphatic heterocycles. The van der Waals surface area contributed by atoms with Crippen LogP contribution in [0.4, 0.5) is 0 Å². The molecule has 0 aromatic rings. The van der Waals surface area contributed by atoms with Crippen LogP contribution in [-0.2, 0) is 9.59 Å². The van der Waals surface area contributed by atoms with E-state index >= 15 is 0 Å². The largest absolute Gasteiger partial charge is 0.368 e. The summed E-state index contributed by atoms with van der Waals surface area (Å²) >= 11 is 0. The first-order chi connectivity index (χ1) is 7.11. The summed E-state index contributed by atoms with van der Waals surface area (Å²) in [6.45, 7) is 1.53. The molecule has 1 aliphatic carbocycles. The smallest absolute Gasteiger partial charge is 0.240 e. The van der Waals surface area contributed by atoms with Crippen LogP contribution in [0.5, 0.6) is 0 Å². The zero-order chi connectivity index (χ0) is 11.0. The summed E-state index contributed by atoms with van der Waals surface area (Å²) in [7, 11) is 0. The number of likely N-dealkylation sites (tertiary alicyclic amines) is 1. The van der Waals surface area contributed by atoms with Crippen molar-refractivity contribution in [1.29, 1.82) is 0 Å². The third-order valence-electron chi connectivity index (χ3n) is 3.78. The molecule has 1 heterocycles. The summed E-state index contributed by atoms with van der Waals surface area (Å²) in [6, 6.07) is -0.0793. The van der Waals surface area contributed by atoms with Gasteiger partial charge in [0.1, 0.15) is 6.04 Å². The van der Waals surface area contributed by atoms with Crippen LogP contribution >= 0.6 is 0 Å². The fourth-order valence-electron chi connectivity index (χ4n) is 3.17. The third kappa shape index (κ3) is 1.73. The van der Waals surface area contributed by atoms with Crippen LogP contribution in [0, 0.1) is 5.92 Å². The van der Waals surface area contributed by atoms with Gasteiger partial charge in [-0.2, -0.15) is 0 Å². The lowest BCUT2D eigenvalue weighted by Crippen LogP contribution is -2.47. The molecule has 2 fully saturated rings. The van der Waals surface area contributed by atoms with Crippen LogP contribution in [0.2, 0.25) is 0 Å². The zero-order valence-electron chi connectivity index (χ0n) is 9.11. The molecule has 0 spiro atoms. The number of carbonyl (C=O) groups is 2. The topological polar surface area (TPSA) is 63.4 Å². The van der Waals surface area contributed by atoms with Gasteiger partial charge in [0, 0.05) is 13.0 Å². The maximum atomic E-state index is 11.5. The Bertz CT molecular complexity index is 290. The van der Waals surface area contributed by atoms with Crippen molar-refractivity contribution in [2.75, 3.05) is 0 Å². The Morgan fingerprint density at radius 1 is 1.27 bits per heavy atom. The molecule has 1 saturated carbocycles. The highest BCUT2D eigenvalue weighted by atomic mass is 16.2. The standard InChI is InChI=1S/C11H18N2O2/c1-7(14)13-9-5-3-2-4-8(9)6-10(13)11(12)15/h8-10H,2-6H2,1H3,(H2,12,15)/t8-,9-,10?/m0/s1. The highest BCUT2D eigenvalue weighted by molar-refractivity contribution is 5.86. The van der Waals surface area contributed by atoms with Crippen LogP contribution < -0.4 is 5.73 Å². The van der Waals surface area contributed by atoms with Gasteiger partial charge in [0.25, 0.3) is 0 Å². The van der Waals surface area contributed by atoms with E-state index in [9.17, 15) is 9.59 Å². The summed E-state index contributed by atoms with van der Waals surface area (Å²) in [5, 5.41) is 0. The number of rotatable bonds is 1. The lowest BCUT2D eigenvalue weighted by Gasteiger charge is -2.32. The second kappa shape index (κ2) is 3.83. The minimum absolute atomic E-state index is 0.00630. The third-order valence-corrected chi connectivity index (χ3v) is 3.78. The second-order valence-electron chi connectivity index (χ2n) is 4.69. The van der Waals surface area contributed by atoms with Gasteiger partial charge in [-0.15, -0.1) is 0 Å². The number of fused-ring (bicyclic) bond motifs is 1. The summed E-state index contributed by atoms with van der Waals surface area (Å²) in [5.74, 6) is 0.146. The minimum atomic E-state index is -0.351. The van der Waals surface area contributed by atoms with Gasteiger partial charge in [0.15, 0.2) is 0 Å². The molecule has 1 unspecified atom stereocenters. The fraction of sp³-hybridized carbons (Fsp3) is 0.818. The van der Waals surface area contributed by atoms with E-state index in [0.717, 1.165) is 25.7 Å². The maximum Gasteiger partial charge on any atom is 0.240 e. The monoisotopic (exact) mass is 210 g/mol. The first-order valence-corrected chi connectivity index (χ1v) is 5.69. The molecule has 2 rings (SSSR count). The van der Waals surface area contributed by atoms with E-state index < -0.39 is 0 Å². The van der Waals surface area contributed by atoms with E-state index in [1.807, 2.05) is 0 Å². The number of nitrogens with two attached hydrogens (primary N) is 1. The van der Waals surface area contributed by atoms with Crippen molar-refractivity contribution in [2.45, 2.75) is 51.1 Å².